The molecule has 1 aromatic heterocycles. The third-order valence-corrected chi connectivity index (χ3v) is 2.57. The van der Waals surface area contributed by atoms with Crippen LogP contribution >= 0.6 is 0 Å². The van der Waals surface area contributed by atoms with E-state index in [-0.39, 0.29) is 0 Å². The third-order valence-electron chi connectivity index (χ3n) is 2.57. The molecule has 0 amide bonds. The second-order valence-corrected chi connectivity index (χ2v) is 3.89. The highest BCUT2D eigenvalue weighted by Gasteiger charge is 2.05. The number of aromatic nitrogens is 2. The zero-order valence-electron chi connectivity index (χ0n) is 9.47. The van der Waals surface area contributed by atoms with Crippen LogP contribution in [-0.4, -0.2) is 16.1 Å². The predicted octanol–water partition coefficient (Wildman–Crippen LogP) is 2.23. The van der Waals surface area contributed by atoms with Crippen LogP contribution in [0.5, 0.6) is 0 Å². The molecule has 0 aliphatic heterocycles. The summed E-state index contributed by atoms with van der Waals surface area (Å²) in [5.41, 5.74) is 4.12. The van der Waals surface area contributed by atoms with Crippen molar-refractivity contribution in [2.75, 3.05) is 0 Å². The maximum atomic E-state index is 10.5. The first-order valence-electron chi connectivity index (χ1n) is 5.26. The predicted molar refractivity (Wildman–Crippen MR) is 62.8 cm³/mol. The maximum Gasteiger partial charge on any atom is 0.124 e. The minimum Gasteiger partial charge on any atom is -0.303 e. The summed E-state index contributed by atoms with van der Waals surface area (Å²) in [7, 11) is 0. The summed E-state index contributed by atoms with van der Waals surface area (Å²) in [4.78, 5) is 10.5. The fraction of sp³-hybridized carbons (Fsp3) is 0.231. The smallest absolute Gasteiger partial charge is 0.124 e. The van der Waals surface area contributed by atoms with Gasteiger partial charge in [-0.25, -0.2) is 4.68 Å². The van der Waals surface area contributed by atoms with E-state index < -0.39 is 0 Å². The number of carbonyl (C=O) groups is 1. The van der Waals surface area contributed by atoms with E-state index in [1.807, 2.05) is 42.9 Å². The lowest BCUT2D eigenvalue weighted by atomic mass is 10.2. The van der Waals surface area contributed by atoms with Crippen LogP contribution in [0.25, 0.3) is 5.69 Å². The van der Waals surface area contributed by atoms with Crippen LogP contribution in [-0.2, 0) is 11.2 Å². The van der Waals surface area contributed by atoms with Crippen LogP contribution in [0.3, 0.4) is 0 Å². The summed E-state index contributed by atoms with van der Waals surface area (Å²) in [5.74, 6) is 0. The Labute approximate surface area is 94.7 Å². The number of benzene rings is 1. The van der Waals surface area contributed by atoms with Crippen molar-refractivity contribution >= 4 is 6.29 Å². The Morgan fingerprint density at radius 1 is 1.38 bits per heavy atom. The van der Waals surface area contributed by atoms with Gasteiger partial charge in [-0.15, -0.1) is 0 Å². The average Bonchev–Trinajstić information content (AvgIpc) is 2.61. The lowest BCUT2D eigenvalue weighted by Crippen LogP contribution is -1.94. The minimum absolute atomic E-state index is 0.428. The fourth-order valence-corrected chi connectivity index (χ4v) is 1.69. The molecule has 0 aliphatic carbocycles. The van der Waals surface area contributed by atoms with Gasteiger partial charge in [-0.05, 0) is 31.5 Å². The van der Waals surface area contributed by atoms with Crippen molar-refractivity contribution in [1.29, 1.82) is 0 Å². The number of hydrogen-bond acceptors (Lipinski definition) is 2. The molecule has 0 aliphatic rings. The minimum atomic E-state index is 0.428. The topological polar surface area (TPSA) is 34.9 Å². The van der Waals surface area contributed by atoms with Gasteiger partial charge in [0, 0.05) is 18.2 Å². The molecule has 0 bridgehead atoms. The standard InChI is InChI=1S/C13H14N2O/c1-10-4-3-5-13(8-10)15-9-12(6-7-16)11(2)14-15/h3-5,7-9H,6H2,1-2H3. The van der Waals surface area contributed by atoms with Gasteiger partial charge in [-0.1, -0.05) is 12.1 Å². The lowest BCUT2D eigenvalue weighted by Gasteiger charge is -2.01. The van der Waals surface area contributed by atoms with Crippen molar-refractivity contribution in [2.45, 2.75) is 20.3 Å². The highest BCUT2D eigenvalue weighted by atomic mass is 16.1. The first kappa shape index (κ1) is 10.6. The molecule has 16 heavy (non-hydrogen) atoms. The molecule has 1 heterocycles. The Morgan fingerprint density at radius 2 is 2.19 bits per heavy atom. The van der Waals surface area contributed by atoms with Gasteiger partial charge in [0.2, 0.25) is 0 Å². The van der Waals surface area contributed by atoms with Crippen molar-refractivity contribution in [3.05, 3.63) is 47.3 Å². The average molecular weight is 214 g/mol. The number of nitrogens with zero attached hydrogens (tertiary/aromatic N) is 2. The van der Waals surface area contributed by atoms with Gasteiger partial charge in [0.25, 0.3) is 0 Å². The number of aryl methyl sites for hydroxylation is 2. The van der Waals surface area contributed by atoms with E-state index in [1.54, 1.807) is 0 Å². The van der Waals surface area contributed by atoms with Crippen molar-refractivity contribution < 1.29 is 4.79 Å². The van der Waals surface area contributed by atoms with Crippen LogP contribution in [0, 0.1) is 13.8 Å². The maximum absolute atomic E-state index is 10.5. The molecule has 2 aromatic rings. The molecule has 0 saturated heterocycles. The molecule has 3 nitrogen and oxygen atoms in total. The van der Waals surface area contributed by atoms with Crippen molar-refractivity contribution in [3.63, 3.8) is 0 Å². The van der Waals surface area contributed by atoms with E-state index in [0.29, 0.717) is 6.42 Å². The molecule has 1 aromatic carbocycles. The summed E-state index contributed by atoms with van der Waals surface area (Å²) in [6, 6.07) is 8.12. The first-order valence-corrected chi connectivity index (χ1v) is 5.26. The number of carbonyl (C=O) groups excluding carboxylic acids is 1. The number of hydrogen-bond donors (Lipinski definition) is 0. The van der Waals surface area contributed by atoms with Crippen LogP contribution in [0.15, 0.2) is 30.5 Å². The van der Waals surface area contributed by atoms with E-state index in [2.05, 4.69) is 11.2 Å². The highest BCUT2D eigenvalue weighted by molar-refractivity contribution is 5.55. The van der Waals surface area contributed by atoms with Gasteiger partial charge >= 0.3 is 0 Å². The van der Waals surface area contributed by atoms with Gasteiger partial charge in [-0.2, -0.15) is 5.10 Å². The van der Waals surface area contributed by atoms with Crippen LogP contribution in [0.2, 0.25) is 0 Å². The molecule has 0 saturated carbocycles. The third kappa shape index (κ3) is 2.03. The molecule has 2 rings (SSSR count). The normalized spacial score (nSPS) is 10.4. The van der Waals surface area contributed by atoms with Crippen molar-refractivity contribution in [3.8, 4) is 5.69 Å². The van der Waals surface area contributed by atoms with Crippen LogP contribution < -0.4 is 0 Å². The summed E-state index contributed by atoms with van der Waals surface area (Å²) >= 11 is 0. The summed E-state index contributed by atoms with van der Waals surface area (Å²) in [5, 5.41) is 4.40. The Hall–Kier alpha value is -1.90. The van der Waals surface area contributed by atoms with E-state index in [9.17, 15) is 4.79 Å². The Kier molecular flexibility index (Phi) is 2.86. The molecule has 0 atom stereocenters. The van der Waals surface area contributed by atoms with Crippen LogP contribution in [0.4, 0.5) is 0 Å². The number of aldehydes is 1. The Balaban J connectivity index is 2.41. The van der Waals surface area contributed by atoms with Gasteiger partial charge in [0.15, 0.2) is 0 Å². The zero-order chi connectivity index (χ0) is 11.5. The van der Waals surface area contributed by atoms with Gasteiger partial charge in [-0.3, -0.25) is 0 Å². The van der Waals surface area contributed by atoms with Gasteiger partial charge < -0.3 is 4.79 Å². The molecule has 82 valence electrons. The summed E-state index contributed by atoms with van der Waals surface area (Å²) < 4.78 is 1.82. The second-order valence-electron chi connectivity index (χ2n) is 3.89. The molecule has 0 spiro atoms. The number of rotatable bonds is 3. The van der Waals surface area contributed by atoms with E-state index >= 15 is 0 Å². The summed E-state index contributed by atoms with van der Waals surface area (Å²) in [6.45, 7) is 3.97. The van der Waals surface area contributed by atoms with Crippen molar-refractivity contribution in [1.82, 2.24) is 9.78 Å². The Morgan fingerprint density at radius 3 is 2.88 bits per heavy atom. The first-order chi connectivity index (χ1) is 7.70. The summed E-state index contributed by atoms with van der Waals surface area (Å²) in [6.07, 6.45) is 3.25. The van der Waals surface area contributed by atoms with Gasteiger partial charge in [0.05, 0.1) is 11.4 Å². The quantitative estimate of drug-likeness (QED) is 0.734. The molecule has 0 unspecified atom stereocenters. The molecule has 0 N–H and O–H groups in total. The molecule has 0 radical (unpaired) electrons. The fourth-order valence-electron chi connectivity index (χ4n) is 1.69. The van der Waals surface area contributed by atoms with Crippen LogP contribution in [0.1, 0.15) is 16.8 Å². The molecular weight excluding hydrogens is 200 g/mol. The largest absolute Gasteiger partial charge is 0.303 e. The van der Waals surface area contributed by atoms with Crippen molar-refractivity contribution in [2.24, 2.45) is 0 Å². The molecular formula is C13H14N2O. The SMILES string of the molecule is Cc1cccc(-n2cc(CC=O)c(C)n2)c1. The van der Waals surface area contributed by atoms with E-state index in [1.165, 1.54) is 5.56 Å². The second kappa shape index (κ2) is 4.31. The zero-order valence-corrected chi connectivity index (χ0v) is 9.47. The van der Waals surface area contributed by atoms with E-state index in [0.717, 1.165) is 23.2 Å². The monoisotopic (exact) mass is 214 g/mol. The molecule has 0 fully saturated rings. The highest BCUT2D eigenvalue weighted by Crippen LogP contribution is 2.13. The van der Waals surface area contributed by atoms with Gasteiger partial charge in [0.1, 0.15) is 6.29 Å². The van der Waals surface area contributed by atoms with E-state index in [4.69, 9.17) is 0 Å². The Bertz CT molecular complexity index is 514. The molecule has 3 heteroatoms. The lowest BCUT2D eigenvalue weighted by molar-refractivity contribution is -0.107.